The Morgan fingerprint density at radius 1 is 0.652 bits per heavy atom. The van der Waals surface area contributed by atoms with Crippen LogP contribution in [0.3, 0.4) is 0 Å². The van der Waals surface area contributed by atoms with E-state index in [4.69, 9.17) is 4.98 Å². The Hall–Kier alpha value is -2.93. The molecule has 0 radical (unpaired) electrons. The van der Waals surface area contributed by atoms with Crippen molar-refractivity contribution < 1.29 is 0 Å². The molecule has 4 aromatic rings. The summed E-state index contributed by atoms with van der Waals surface area (Å²) in [5.74, 6) is 0. The fraction of sp³-hybridized carbons (Fsp3) is 0.0455. The van der Waals surface area contributed by atoms with Gasteiger partial charge in [0.25, 0.3) is 0 Å². The van der Waals surface area contributed by atoms with Gasteiger partial charge in [0.2, 0.25) is 0 Å². The van der Waals surface area contributed by atoms with Gasteiger partial charge in [-0.2, -0.15) is 0 Å². The summed E-state index contributed by atoms with van der Waals surface area (Å²) in [6.07, 6.45) is 0. The molecular formula is C22H17N. The fourth-order valence-electron chi connectivity index (χ4n) is 2.89. The molecule has 23 heavy (non-hydrogen) atoms. The van der Waals surface area contributed by atoms with Crippen LogP contribution in [0.2, 0.25) is 0 Å². The number of rotatable bonds is 2. The molecule has 0 bridgehead atoms. The van der Waals surface area contributed by atoms with Gasteiger partial charge in [0.1, 0.15) is 0 Å². The molecule has 0 fully saturated rings. The second-order valence-corrected chi connectivity index (χ2v) is 5.81. The van der Waals surface area contributed by atoms with Crippen molar-refractivity contribution in [2.24, 2.45) is 0 Å². The summed E-state index contributed by atoms with van der Waals surface area (Å²) in [7, 11) is 0. The number of nitrogens with zero attached hydrogens (tertiary/aromatic N) is 1. The summed E-state index contributed by atoms with van der Waals surface area (Å²) in [5.41, 5.74) is 6.86. The summed E-state index contributed by atoms with van der Waals surface area (Å²) in [4.78, 5) is 4.94. The van der Waals surface area contributed by atoms with Crippen LogP contribution >= 0.6 is 0 Å². The van der Waals surface area contributed by atoms with Gasteiger partial charge in [-0.15, -0.1) is 0 Å². The fourth-order valence-corrected chi connectivity index (χ4v) is 2.89. The lowest BCUT2D eigenvalue weighted by Gasteiger charge is -2.12. The van der Waals surface area contributed by atoms with Crippen LogP contribution in [-0.4, -0.2) is 4.98 Å². The van der Waals surface area contributed by atoms with Gasteiger partial charge in [0.05, 0.1) is 11.2 Å². The Kier molecular flexibility index (Phi) is 3.39. The molecule has 3 aromatic carbocycles. The van der Waals surface area contributed by atoms with Crippen LogP contribution in [-0.2, 0) is 0 Å². The lowest BCUT2D eigenvalue weighted by molar-refractivity contribution is 1.39. The largest absolute Gasteiger partial charge is 0.247 e. The number of aryl methyl sites for hydroxylation is 1. The first kappa shape index (κ1) is 13.7. The van der Waals surface area contributed by atoms with E-state index < -0.39 is 0 Å². The highest BCUT2D eigenvalue weighted by Crippen LogP contribution is 2.33. The Balaban J connectivity index is 2.02. The first-order chi connectivity index (χ1) is 11.3. The van der Waals surface area contributed by atoms with Crippen molar-refractivity contribution in [1.29, 1.82) is 0 Å². The average molecular weight is 295 g/mol. The zero-order chi connectivity index (χ0) is 15.6. The molecule has 110 valence electrons. The molecule has 0 unspecified atom stereocenters. The van der Waals surface area contributed by atoms with Crippen molar-refractivity contribution in [2.45, 2.75) is 6.92 Å². The first-order valence-electron chi connectivity index (χ1n) is 7.83. The molecule has 1 heterocycles. The van der Waals surface area contributed by atoms with Crippen LogP contribution in [0.4, 0.5) is 0 Å². The van der Waals surface area contributed by atoms with Gasteiger partial charge >= 0.3 is 0 Å². The molecule has 0 aliphatic carbocycles. The Labute approximate surface area is 136 Å². The highest BCUT2D eigenvalue weighted by molar-refractivity contribution is 5.91. The monoisotopic (exact) mass is 295 g/mol. The Morgan fingerprint density at radius 3 is 2.13 bits per heavy atom. The molecule has 0 saturated heterocycles. The third-order valence-corrected chi connectivity index (χ3v) is 4.13. The summed E-state index contributed by atoms with van der Waals surface area (Å²) in [6, 6.07) is 29.6. The van der Waals surface area contributed by atoms with Crippen LogP contribution in [0.1, 0.15) is 5.56 Å². The highest BCUT2D eigenvalue weighted by Gasteiger charge is 2.10. The predicted molar refractivity (Wildman–Crippen MR) is 97.4 cm³/mol. The van der Waals surface area contributed by atoms with E-state index in [0.717, 1.165) is 16.8 Å². The molecule has 1 heteroatoms. The molecule has 0 aliphatic heterocycles. The molecule has 0 amide bonds. The van der Waals surface area contributed by atoms with E-state index in [1.165, 1.54) is 22.1 Å². The molecular weight excluding hydrogens is 278 g/mol. The number of hydrogen-bond acceptors (Lipinski definition) is 1. The molecule has 1 aromatic heterocycles. The second kappa shape index (κ2) is 5.69. The SMILES string of the molecule is Cc1ccc(-c2cc3ccccc3nc2-c2ccccc2)cc1. The minimum absolute atomic E-state index is 1.03. The number of aromatic nitrogens is 1. The van der Waals surface area contributed by atoms with E-state index in [-0.39, 0.29) is 0 Å². The number of hydrogen-bond donors (Lipinski definition) is 0. The summed E-state index contributed by atoms with van der Waals surface area (Å²) in [6.45, 7) is 2.11. The Morgan fingerprint density at radius 2 is 1.35 bits per heavy atom. The van der Waals surface area contributed by atoms with Crippen LogP contribution in [0, 0.1) is 6.92 Å². The molecule has 4 rings (SSSR count). The lowest BCUT2D eigenvalue weighted by atomic mass is 9.97. The van der Waals surface area contributed by atoms with Crippen LogP contribution in [0.25, 0.3) is 33.3 Å². The van der Waals surface area contributed by atoms with Crippen molar-refractivity contribution in [1.82, 2.24) is 4.98 Å². The summed E-state index contributed by atoms with van der Waals surface area (Å²) < 4.78 is 0. The normalized spacial score (nSPS) is 10.8. The summed E-state index contributed by atoms with van der Waals surface area (Å²) >= 11 is 0. The third-order valence-electron chi connectivity index (χ3n) is 4.13. The van der Waals surface area contributed by atoms with E-state index in [0.29, 0.717) is 0 Å². The van der Waals surface area contributed by atoms with Gasteiger partial charge < -0.3 is 0 Å². The summed E-state index contributed by atoms with van der Waals surface area (Å²) in [5, 5.41) is 1.17. The quantitative estimate of drug-likeness (QED) is 0.450. The standard InChI is InChI=1S/C22H17N/c1-16-11-13-17(14-12-16)20-15-19-9-5-6-10-21(19)23-22(20)18-7-3-2-4-8-18/h2-15H,1H3. The van der Waals surface area contributed by atoms with Crippen molar-refractivity contribution >= 4 is 10.9 Å². The second-order valence-electron chi connectivity index (χ2n) is 5.81. The molecule has 0 atom stereocenters. The number of benzene rings is 3. The van der Waals surface area contributed by atoms with Crippen LogP contribution in [0.15, 0.2) is 84.9 Å². The van der Waals surface area contributed by atoms with E-state index in [1.54, 1.807) is 0 Å². The minimum atomic E-state index is 1.03. The predicted octanol–water partition coefficient (Wildman–Crippen LogP) is 5.88. The highest BCUT2D eigenvalue weighted by atomic mass is 14.7. The maximum atomic E-state index is 4.94. The molecule has 0 spiro atoms. The maximum absolute atomic E-state index is 4.94. The average Bonchev–Trinajstić information content (AvgIpc) is 2.62. The van der Waals surface area contributed by atoms with E-state index in [9.17, 15) is 0 Å². The minimum Gasteiger partial charge on any atom is -0.247 e. The molecule has 0 saturated carbocycles. The van der Waals surface area contributed by atoms with Crippen molar-refractivity contribution in [3.8, 4) is 22.4 Å². The third kappa shape index (κ3) is 2.62. The Bertz CT molecular complexity index is 954. The zero-order valence-corrected chi connectivity index (χ0v) is 13.0. The number of pyridine rings is 1. The van der Waals surface area contributed by atoms with Gasteiger partial charge in [-0.1, -0.05) is 78.4 Å². The van der Waals surface area contributed by atoms with Gasteiger partial charge in [0, 0.05) is 16.5 Å². The van der Waals surface area contributed by atoms with Gasteiger partial charge in [-0.25, -0.2) is 4.98 Å². The van der Waals surface area contributed by atoms with Crippen molar-refractivity contribution in [2.75, 3.05) is 0 Å². The number of para-hydroxylation sites is 1. The van der Waals surface area contributed by atoms with Crippen LogP contribution in [0.5, 0.6) is 0 Å². The molecule has 0 aliphatic rings. The van der Waals surface area contributed by atoms with Crippen molar-refractivity contribution in [3.63, 3.8) is 0 Å². The van der Waals surface area contributed by atoms with Crippen molar-refractivity contribution in [3.05, 3.63) is 90.5 Å². The maximum Gasteiger partial charge on any atom is 0.0788 e. The van der Waals surface area contributed by atoms with E-state index >= 15 is 0 Å². The molecule has 1 nitrogen and oxygen atoms in total. The smallest absolute Gasteiger partial charge is 0.0788 e. The zero-order valence-electron chi connectivity index (χ0n) is 13.0. The van der Waals surface area contributed by atoms with E-state index in [2.05, 4.69) is 79.7 Å². The van der Waals surface area contributed by atoms with Gasteiger partial charge in [0.15, 0.2) is 0 Å². The number of fused-ring (bicyclic) bond motifs is 1. The lowest BCUT2D eigenvalue weighted by Crippen LogP contribution is -1.91. The molecule has 0 N–H and O–H groups in total. The van der Waals surface area contributed by atoms with Crippen LogP contribution < -0.4 is 0 Å². The van der Waals surface area contributed by atoms with E-state index in [1.807, 2.05) is 12.1 Å². The topological polar surface area (TPSA) is 12.9 Å². The first-order valence-corrected chi connectivity index (χ1v) is 7.83. The van der Waals surface area contributed by atoms with Gasteiger partial charge in [-0.3, -0.25) is 0 Å². The van der Waals surface area contributed by atoms with Gasteiger partial charge in [-0.05, 0) is 24.6 Å².